The average Bonchev–Trinajstić information content (AvgIpc) is 1.68. The maximum Gasteiger partial charge on any atom is 0.0847 e. The Morgan fingerprint density at radius 2 is 2.14 bits per heavy atom. The lowest BCUT2D eigenvalue weighted by Gasteiger charge is -2.00. The molecule has 0 bridgehead atoms. The van der Waals surface area contributed by atoms with Gasteiger partial charge in [0.05, 0.1) is 6.61 Å². The quantitative estimate of drug-likeness (QED) is 0.517. The summed E-state index contributed by atoms with van der Waals surface area (Å²) >= 11 is 0. The van der Waals surface area contributed by atoms with Gasteiger partial charge in [-0.1, -0.05) is 20.3 Å². The van der Waals surface area contributed by atoms with Crippen LogP contribution in [0, 0.1) is 5.92 Å². The van der Waals surface area contributed by atoms with Gasteiger partial charge in [-0.2, -0.15) is 0 Å². The minimum atomic E-state index is 0.0911. The summed E-state index contributed by atoms with van der Waals surface area (Å²) in [5.74, 6) is 0.394. The molecule has 0 aliphatic heterocycles. The second-order valence-electron chi connectivity index (χ2n) is 2.06. The van der Waals surface area contributed by atoms with Crippen molar-refractivity contribution in [2.75, 3.05) is 6.61 Å². The van der Waals surface area contributed by atoms with Gasteiger partial charge in [-0.05, 0) is 12.3 Å². The first-order valence-electron chi connectivity index (χ1n) is 2.89. The smallest absolute Gasteiger partial charge is 0.0847 e. The summed E-state index contributed by atoms with van der Waals surface area (Å²) in [5.41, 5.74) is 0. The molecule has 1 heteroatoms. The Balaban J connectivity index is 2.83. The van der Waals surface area contributed by atoms with E-state index in [1.54, 1.807) is 0 Å². The summed E-state index contributed by atoms with van der Waals surface area (Å²) in [6.45, 7) is 4.19. The molecule has 1 radical (unpaired) electrons. The van der Waals surface area contributed by atoms with Gasteiger partial charge >= 0.3 is 0 Å². The third kappa shape index (κ3) is 3.80. The Kier molecular flexibility index (Phi) is 4.10. The van der Waals surface area contributed by atoms with Crippen molar-refractivity contribution >= 4 is 0 Å². The largest absolute Gasteiger partial charge is 0.236 e. The van der Waals surface area contributed by atoms with Crippen LogP contribution in [0.1, 0.15) is 26.7 Å². The van der Waals surface area contributed by atoms with Crippen LogP contribution in [0.3, 0.4) is 0 Å². The first-order chi connectivity index (χ1) is 3.31. The Bertz CT molecular complexity index is 35.2. The number of hydrogen-bond donors (Lipinski definition) is 0. The molecule has 0 saturated carbocycles. The van der Waals surface area contributed by atoms with E-state index in [-0.39, 0.29) is 6.61 Å². The maximum absolute atomic E-state index is 10.0. The third-order valence-corrected chi connectivity index (χ3v) is 1.07. The predicted molar refractivity (Wildman–Crippen MR) is 29.6 cm³/mol. The summed E-state index contributed by atoms with van der Waals surface area (Å²) in [6.07, 6.45) is 2.23. The van der Waals surface area contributed by atoms with E-state index < -0.39 is 0 Å². The van der Waals surface area contributed by atoms with Crippen molar-refractivity contribution in [3.63, 3.8) is 0 Å². The van der Waals surface area contributed by atoms with Crippen LogP contribution in [0.25, 0.3) is 0 Å². The van der Waals surface area contributed by atoms with Crippen molar-refractivity contribution in [1.29, 1.82) is 0 Å². The molecule has 0 aliphatic carbocycles. The summed E-state index contributed by atoms with van der Waals surface area (Å²) < 4.78 is 0. The minimum Gasteiger partial charge on any atom is -0.236 e. The predicted octanol–water partition coefficient (Wildman–Crippen LogP) is 1.85. The lowest BCUT2D eigenvalue weighted by atomic mass is 10.1. The van der Waals surface area contributed by atoms with Crippen molar-refractivity contribution in [3.05, 3.63) is 0 Å². The highest BCUT2D eigenvalue weighted by atomic mass is 16.3. The second-order valence-corrected chi connectivity index (χ2v) is 2.06. The molecule has 0 N–H and O–H groups in total. The fourth-order valence-corrected chi connectivity index (χ4v) is 0.576. The van der Waals surface area contributed by atoms with Gasteiger partial charge < -0.3 is 0 Å². The molecular formula is C6H13O. The molecule has 0 spiro atoms. The van der Waals surface area contributed by atoms with Gasteiger partial charge in [0.25, 0.3) is 0 Å². The zero-order chi connectivity index (χ0) is 5.70. The summed E-state index contributed by atoms with van der Waals surface area (Å²) in [6, 6.07) is 0. The fourth-order valence-electron chi connectivity index (χ4n) is 0.576. The van der Waals surface area contributed by atoms with E-state index in [4.69, 9.17) is 0 Å². The van der Waals surface area contributed by atoms with Crippen LogP contribution in [0.2, 0.25) is 0 Å². The molecule has 0 aromatic rings. The van der Waals surface area contributed by atoms with Crippen LogP contribution in [0.15, 0.2) is 0 Å². The highest BCUT2D eigenvalue weighted by molar-refractivity contribution is 4.45. The van der Waals surface area contributed by atoms with Gasteiger partial charge in [-0.3, -0.25) is 0 Å². The summed E-state index contributed by atoms with van der Waals surface area (Å²) in [7, 11) is 0. The standard InChI is InChI=1S/C6H13O/c1-3-4-6(2)5-7/h6H,3-5H2,1-2H3. The lowest BCUT2D eigenvalue weighted by Crippen LogP contribution is -1.96. The molecule has 43 valence electrons. The molecule has 0 aromatic carbocycles. The van der Waals surface area contributed by atoms with Crippen LogP contribution in [0.5, 0.6) is 0 Å². The van der Waals surface area contributed by atoms with Gasteiger partial charge in [0.15, 0.2) is 0 Å². The Morgan fingerprint density at radius 3 is 2.29 bits per heavy atom. The molecule has 7 heavy (non-hydrogen) atoms. The Labute approximate surface area is 45.4 Å². The van der Waals surface area contributed by atoms with E-state index in [1.165, 1.54) is 0 Å². The fraction of sp³-hybridized carbons (Fsp3) is 1.00. The highest BCUT2D eigenvalue weighted by Gasteiger charge is 1.95. The van der Waals surface area contributed by atoms with Crippen molar-refractivity contribution in [3.8, 4) is 0 Å². The van der Waals surface area contributed by atoms with Crippen LogP contribution in [-0.4, -0.2) is 6.61 Å². The Morgan fingerprint density at radius 1 is 1.57 bits per heavy atom. The summed E-state index contributed by atoms with van der Waals surface area (Å²) in [4.78, 5) is 0. The molecule has 0 aromatic heterocycles. The maximum atomic E-state index is 10.0. The van der Waals surface area contributed by atoms with E-state index in [9.17, 15) is 5.11 Å². The van der Waals surface area contributed by atoms with E-state index in [0.29, 0.717) is 5.92 Å². The van der Waals surface area contributed by atoms with Crippen LogP contribution in [-0.2, 0) is 5.11 Å². The first-order valence-corrected chi connectivity index (χ1v) is 2.89. The monoisotopic (exact) mass is 101 g/mol. The zero-order valence-corrected chi connectivity index (χ0v) is 5.11. The first kappa shape index (κ1) is 6.96. The van der Waals surface area contributed by atoms with Gasteiger partial charge in [-0.25, -0.2) is 5.11 Å². The van der Waals surface area contributed by atoms with Gasteiger partial charge in [-0.15, -0.1) is 0 Å². The minimum absolute atomic E-state index is 0.0911. The molecular weight excluding hydrogens is 88.1 g/mol. The van der Waals surface area contributed by atoms with Crippen LogP contribution >= 0.6 is 0 Å². The average molecular weight is 101 g/mol. The zero-order valence-electron chi connectivity index (χ0n) is 5.11. The van der Waals surface area contributed by atoms with Gasteiger partial charge in [0, 0.05) is 0 Å². The number of hydrogen-bond acceptors (Lipinski definition) is 0. The van der Waals surface area contributed by atoms with Crippen LogP contribution < -0.4 is 0 Å². The normalized spacial score (nSPS) is 14.1. The van der Waals surface area contributed by atoms with Gasteiger partial charge in [0.1, 0.15) is 0 Å². The van der Waals surface area contributed by atoms with Gasteiger partial charge in [0.2, 0.25) is 0 Å². The molecule has 0 rings (SSSR count). The molecule has 0 aliphatic rings. The molecule has 1 atom stereocenters. The van der Waals surface area contributed by atoms with Crippen LogP contribution in [0.4, 0.5) is 0 Å². The van der Waals surface area contributed by atoms with E-state index in [1.807, 2.05) is 6.92 Å². The van der Waals surface area contributed by atoms with E-state index in [0.717, 1.165) is 12.8 Å². The van der Waals surface area contributed by atoms with Crippen molar-refractivity contribution in [2.24, 2.45) is 5.92 Å². The topological polar surface area (TPSA) is 19.9 Å². The number of rotatable bonds is 3. The van der Waals surface area contributed by atoms with Crippen molar-refractivity contribution in [2.45, 2.75) is 26.7 Å². The summed E-state index contributed by atoms with van der Waals surface area (Å²) in [5, 5.41) is 10.0. The van der Waals surface area contributed by atoms with E-state index in [2.05, 4.69) is 6.92 Å². The molecule has 1 unspecified atom stereocenters. The van der Waals surface area contributed by atoms with Crippen molar-refractivity contribution in [1.82, 2.24) is 0 Å². The SMILES string of the molecule is CCCC(C)C[O]. The highest BCUT2D eigenvalue weighted by Crippen LogP contribution is 2.01. The molecule has 1 nitrogen and oxygen atoms in total. The molecule has 0 heterocycles. The third-order valence-electron chi connectivity index (χ3n) is 1.07. The molecule has 0 fully saturated rings. The van der Waals surface area contributed by atoms with Crippen molar-refractivity contribution < 1.29 is 5.11 Å². The molecule has 0 amide bonds. The van der Waals surface area contributed by atoms with E-state index >= 15 is 0 Å². The second kappa shape index (κ2) is 4.13. The Hall–Kier alpha value is -0.0400. The lowest BCUT2D eigenvalue weighted by molar-refractivity contribution is 0.146. The molecule has 0 saturated heterocycles.